The number of ketones is 1. The average Bonchev–Trinajstić information content (AvgIpc) is 3.08. The number of nitrogens with two attached hydrogens (primary N) is 1. The van der Waals surface area contributed by atoms with Crippen molar-refractivity contribution in [2.45, 2.75) is 38.1 Å². The number of carbonyl (C=O) groups excluding carboxylic acids is 1. The van der Waals surface area contributed by atoms with Crippen molar-refractivity contribution < 1.29 is 9.21 Å². The number of unbranched alkanes of at least 4 members (excludes halogenated alkanes) is 2. The van der Waals surface area contributed by atoms with Crippen molar-refractivity contribution in [1.82, 2.24) is 15.0 Å². The molecule has 108 valence electrons. The predicted molar refractivity (Wildman–Crippen MR) is 77.1 cm³/mol. The molecule has 6 nitrogen and oxygen atoms in total. The van der Waals surface area contributed by atoms with Gasteiger partial charge in [-0.05, 0) is 28.8 Å². The smallest absolute Gasteiger partial charge is 0.263 e. The van der Waals surface area contributed by atoms with Gasteiger partial charge in [0.15, 0.2) is 0 Å². The van der Waals surface area contributed by atoms with Gasteiger partial charge >= 0.3 is 0 Å². The van der Waals surface area contributed by atoms with E-state index >= 15 is 0 Å². The Kier molecular flexibility index (Phi) is 5.49. The second kappa shape index (κ2) is 7.35. The van der Waals surface area contributed by atoms with Crippen LogP contribution in [0.25, 0.3) is 0 Å². The van der Waals surface area contributed by atoms with Crippen LogP contribution < -0.4 is 5.73 Å². The molecular formula is C13H17BrN4O2. The van der Waals surface area contributed by atoms with Crippen LogP contribution in [0.2, 0.25) is 0 Å². The van der Waals surface area contributed by atoms with E-state index in [1.54, 1.807) is 6.20 Å². The van der Waals surface area contributed by atoms with E-state index in [1.165, 1.54) is 12.5 Å². The molecule has 0 amide bonds. The Balaban J connectivity index is 1.61. The third-order valence-electron chi connectivity index (χ3n) is 3.01. The van der Waals surface area contributed by atoms with Crippen molar-refractivity contribution in [3.05, 3.63) is 35.0 Å². The number of Topliss-reactive ketones (excluding diaryl/α,β-unsaturated/α-hetero) is 1. The maximum absolute atomic E-state index is 11.6. The van der Waals surface area contributed by atoms with Gasteiger partial charge in [-0.25, -0.2) is 9.97 Å². The van der Waals surface area contributed by atoms with Crippen molar-refractivity contribution in [1.29, 1.82) is 0 Å². The number of halogens is 1. The summed E-state index contributed by atoms with van der Waals surface area (Å²) in [6.07, 6.45) is 8.61. The summed E-state index contributed by atoms with van der Waals surface area (Å²) in [5.74, 6) is 0.934. The third-order valence-corrected chi connectivity index (χ3v) is 3.41. The van der Waals surface area contributed by atoms with Crippen LogP contribution in [0.1, 0.15) is 54.7 Å². The van der Waals surface area contributed by atoms with Crippen LogP contribution >= 0.6 is 15.9 Å². The highest BCUT2D eigenvalue weighted by molar-refractivity contribution is 9.10. The van der Waals surface area contributed by atoms with Gasteiger partial charge in [-0.15, -0.1) is 0 Å². The lowest BCUT2D eigenvalue weighted by Crippen LogP contribution is -2.11. The molecule has 0 radical (unpaired) electrons. The Morgan fingerprint density at radius 1 is 1.40 bits per heavy atom. The topological polar surface area (TPSA) is 97.8 Å². The minimum atomic E-state index is -0.0938. The van der Waals surface area contributed by atoms with Crippen molar-refractivity contribution in [3.63, 3.8) is 0 Å². The van der Waals surface area contributed by atoms with Crippen LogP contribution in [0.5, 0.6) is 0 Å². The summed E-state index contributed by atoms with van der Waals surface area (Å²) in [7, 11) is 0. The zero-order valence-corrected chi connectivity index (χ0v) is 12.6. The summed E-state index contributed by atoms with van der Waals surface area (Å²) in [5.41, 5.74) is 6.02. The maximum atomic E-state index is 11.6. The quantitative estimate of drug-likeness (QED) is 0.568. The van der Waals surface area contributed by atoms with Gasteiger partial charge < -0.3 is 15.1 Å². The maximum Gasteiger partial charge on any atom is 0.263 e. The Morgan fingerprint density at radius 3 is 2.90 bits per heavy atom. The van der Waals surface area contributed by atoms with E-state index in [0.717, 1.165) is 36.1 Å². The van der Waals surface area contributed by atoms with Crippen molar-refractivity contribution in [2.24, 2.45) is 5.73 Å². The first-order valence-corrected chi connectivity index (χ1v) is 7.35. The van der Waals surface area contributed by atoms with Gasteiger partial charge in [-0.3, -0.25) is 4.79 Å². The number of rotatable bonds is 8. The summed E-state index contributed by atoms with van der Waals surface area (Å²) < 4.78 is 5.79. The first-order valence-electron chi connectivity index (χ1n) is 6.55. The second-order valence-corrected chi connectivity index (χ2v) is 5.44. The molecule has 2 heterocycles. The molecular weight excluding hydrogens is 324 g/mol. The fourth-order valence-electron chi connectivity index (χ4n) is 1.93. The number of imidazole rings is 1. The van der Waals surface area contributed by atoms with E-state index in [9.17, 15) is 4.79 Å². The highest BCUT2D eigenvalue weighted by Gasteiger charge is 2.11. The number of H-pyrrole nitrogens is 1. The predicted octanol–water partition coefficient (Wildman–Crippen LogP) is 2.99. The number of hydrogen-bond donors (Lipinski definition) is 2. The third kappa shape index (κ3) is 4.28. The van der Waals surface area contributed by atoms with Crippen LogP contribution in [-0.4, -0.2) is 20.7 Å². The molecule has 0 aliphatic rings. The summed E-state index contributed by atoms with van der Waals surface area (Å²) in [4.78, 5) is 22.7. The first-order chi connectivity index (χ1) is 9.66. The van der Waals surface area contributed by atoms with Crippen LogP contribution in [-0.2, 0) is 0 Å². The van der Waals surface area contributed by atoms with E-state index in [2.05, 4.69) is 30.9 Å². The molecule has 20 heavy (non-hydrogen) atoms. The molecule has 0 fully saturated rings. The van der Waals surface area contributed by atoms with Gasteiger partial charge in [0.25, 0.3) is 5.89 Å². The molecule has 1 atom stereocenters. The molecule has 0 aliphatic heterocycles. The van der Waals surface area contributed by atoms with E-state index < -0.39 is 0 Å². The zero-order valence-electron chi connectivity index (χ0n) is 11.0. The van der Waals surface area contributed by atoms with Gasteiger partial charge in [0.1, 0.15) is 16.7 Å². The summed E-state index contributed by atoms with van der Waals surface area (Å²) in [6, 6.07) is -0.0938. The monoisotopic (exact) mass is 340 g/mol. The molecule has 1 unspecified atom stereocenters. The molecule has 2 aromatic rings. The fraction of sp³-hybridized carbons (Fsp3) is 0.462. The Bertz CT molecular complexity index is 538. The minimum absolute atomic E-state index is 0.0470. The Morgan fingerprint density at radius 2 is 2.25 bits per heavy atom. The number of aromatic nitrogens is 3. The SMILES string of the molecule is NC(CCCCCC(=O)c1ncco1)c1ncc(Br)[nH]1. The lowest BCUT2D eigenvalue weighted by atomic mass is 10.1. The van der Waals surface area contributed by atoms with Gasteiger partial charge in [0, 0.05) is 6.42 Å². The van der Waals surface area contributed by atoms with Crippen LogP contribution in [0.15, 0.2) is 27.7 Å². The van der Waals surface area contributed by atoms with Crippen molar-refractivity contribution in [2.75, 3.05) is 0 Å². The normalized spacial score (nSPS) is 12.5. The molecule has 0 spiro atoms. The van der Waals surface area contributed by atoms with Gasteiger partial charge in [-0.2, -0.15) is 0 Å². The fourth-order valence-corrected chi connectivity index (χ4v) is 2.24. The average molecular weight is 341 g/mol. The molecule has 0 aromatic carbocycles. The van der Waals surface area contributed by atoms with Gasteiger partial charge in [-0.1, -0.05) is 12.8 Å². The molecule has 3 N–H and O–H groups in total. The molecule has 7 heteroatoms. The standard InChI is InChI=1S/C13H17BrN4O2/c14-11-8-17-12(18-11)9(15)4-2-1-3-5-10(19)13-16-6-7-20-13/h6-9H,1-5,15H2,(H,17,18). The number of nitrogens with one attached hydrogen (secondary N) is 1. The van der Waals surface area contributed by atoms with Crippen LogP contribution in [0, 0.1) is 0 Å². The Labute approximate surface area is 125 Å². The highest BCUT2D eigenvalue weighted by Crippen LogP contribution is 2.17. The zero-order chi connectivity index (χ0) is 14.4. The summed E-state index contributed by atoms with van der Waals surface area (Å²) in [5, 5.41) is 0. The van der Waals surface area contributed by atoms with E-state index in [1.807, 2.05) is 0 Å². The summed E-state index contributed by atoms with van der Waals surface area (Å²) in [6.45, 7) is 0. The molecule has 0 aliphatic carbocycles. The van der Waals surface area contributed by atoms with Crippen LogP contribution in [0.4, 0.5) is 0 Å². The number of aromatic amines is 1. The minimum Gasteiger partial charge on any atom is -0.442 e. The first kappa shape index (κ1) is 14.9. The number of carbonyl (C=O) groups is 1. The second-order valence-electron chi connectivity index (χ2n) is 4.58. The molecule has 2 aromatic heterocycles. The van der Waals surface area contributed by atoms with Crippen LogP contribution in [0.3, 0.4) is 0 Å². The summed E-state index contributed by atoms with van der Waals surface area (Å²) >= 11 is 3.30. The molecule has 0 bridgehead atoms. The van der Waals surface area contributed by atoms with Gasteiger partial charge in [0.2, 0.25) is 5.78 Å². The Hall–Kier alpha value is -1.47. The molecule has 0 saturated carbocycles. The lowest BCUT2D eigenvalue weighted by molar-refractivity contribution is 0.0945. The highest BCUT2D eigenvalue weighted by atomic mass is 79.9. The lowest BCUT2D eigenvalue weighted by Gasteiger charge is -2.07. The van der Waals surface area contributed by atoms with E-state index in [0.29, 0.717) is 6.42 Å². The molecule has 0 saturated heterocycles. The number of nitrogens with zero attached hydrogens (tertiary/aromatic N) is 2. The van der Waals surface area contributed by atoms with Crippen molar-refractivity contribution in [3.8, 4) is 0 Å². The molecule has 2 rings (SSSR count). The number of oxazole rings is 1. The van der Waals surface area contributed by atoms with E-state index in [4.69, 9.17) is 10.2 Å². The van der Waals surface area contributed by atoms with E-state index in [-0.39, 0.29) is 17.7 Å². The van der Waals surface area contributed by atoms with Gasteiger partial charge in [0.05, 0.1) is 18.4 Å². The number of hydrogen-bond acceptors (Lipinski definition) is 5. The van der Waals surface area contributed by atoms with Crippen molar-refractivity contribution >= 4 is 21.7 Å². The largest absolute Gasteiger partial charge is 0.442 e.